The number of fused-ring (bicyclic) bond motifs is 2. The Bertz CT molecular complexity index is 2140. The summed E-state index contributed by atoms with van der Waals surface area (Å²) in [5.74, 6) is 1.63. The SMILES string of the molecule is COc1nc(-c2cccc(-c3cccc(-c4cc5c(c(OC)n4)C(N4CC6(CN(C(C)=O)C6)C4)CC5)c3Cl)c2Cl)cc2c1C(N1CC3(CN(C(C)=O)C3)C1)CC2. The van der Waals surface area contributed by atoms with E-state index < -0.39 is 0 Å². The first-order valence-electron chi connectivity index (χ1n) is 19.7. The van der Waals surface area contributed by atoms with Gasteiger partial charge in [0.05, 0.1) is 35.7 Å². The van der Waals surface area contributed by atoms with Gasteiger partial charge in [-0.3, -0.25) is 19.4 Å². The average molecular weight is 794 g/mol. The predicted octanol–water partition coefficient (Wildman–Crippen LogP) is 7.10. The Morgan fingerprint density at radius 2 is 1.00 bits per heavy atom. The lowest BCUT2D eigenvalue weighted by Crippen LogP contribution is -2.72. The summed E-state index contributed by atoms with van der Waals surface area (Å²) in [6, 6.07) is 16.9. The molecule has 0 bridgehead atoms. The minimum absolute atomic E-state index is 0.164. The largest absolute Gasteiger partial charge is 0.481 e. The quantitative estimate of drug-likeness (QED) is 0.196. The summed E-state index contributed by atoms with van der Waals surface area (Å²) in [7, 11) is 3.39. The van der Waals surface area contributed by atoms with Gasteiger partial charge in [0.1, 0.15) is 0 Å². The predicted molar refractivity (Wildman–Crippen MR) is 216 cm³/mol. The first kappa shape index (κ1) is 36.1. The minimum Gasteiger partial charge on any atom is -0.481 e. The van der Waals surface area contributed by atoms with Gasteiger partial charge in [0, 0.05) is 122 Å². The molecule has 2 atom stereocenters. The standard InChI is InChI=1S/C44H46Cl2N6O4/c1-25(53)49-17-43(18-49)21-51(22-43)35-13-11-27-15-33(47-41(55-3)37(27)35)31-9-5-7-29(39(31)45)30-8-6-10-32(40(30)46)34-16-28-12-14-36(38(28)42(48-34)56-4)52-23-44(24-52)19-50(20-44)26(2)54/h5-10,15-16,35-36H,11-14,17-24H2,1-4H3. The number of rotatable bonds is 7. The smallest absolute Gasteiger partial charge is 0.219 e. The highest BCUT2D eigenvalue weighted by Crippen LogP contribution is 2.52. The fourth-order valence-corrected chi connectivity index (χ4v) is 11.4. The summed E-state index contributed by atoms with van der Waals surface area (Å²) in [5.41, 5.74) is 10.2. The van der Waals surface area contributed by atoms with Gasteiger partial charge in [-0.2, -0.15) is 0 Å². The molecular formula is C44H46Cl2N6O4. The van der Waals surface area contributed by atoms with Crippen LogP contribution in [0.15, 0.2) is 48.5 Å². The van der Waals surface area contributed by atoms with Gasteiger partial charge < -0.3 is 19.3 Å². The second-order valence-electron chi connectivity index (χ2n) is 17.2. The van der Waals surface area contributed by atoms with Crippen molar-refractivity contribution in [3.05, 3.63) is 80.8 Å². The number of halogens is 2. The molecular weight excluding hydrogens is 747 g/mol. The molecule has 4 aliphatic heterocycles. The lowest BCUT2D eigenvalue weighted by molar-refractivity contribution is -0.161. The van der Waals surface area contributed by atoms with Crippen molar-refractivity contribution >= 4 is 35.0 Å². The Hall–Kier alpha value is -4.22. The van der Waals surface area contributed by atoms with Gasteiger partial charge in [-0.15, -0.1) is 0 Å². The number of carbonyl (C=O) groups excluding carboxylic acids is 2. The van der Waals surface area contributed by atoms with Crippen LogP contribution in [0.25, 0.3) is 33.6 Å². The monoisotopic (exact) mass is 792 g/mol. The van der Waals surface area contributed by atoms with Crippen molar-refractivity contribution in [2.24, 2.45) is 10.8 Å². The third-order valence-corrected chi connectivity index (χ3v) is 14.3. The highest BCUT2D eigenvalue weighted by atomic mass is 35.5. The van der Waals surface area contributed by atoms with Crippen LogP contribution in [0.2, 0.25) is 10.0 Å². The van der Waals surface area contributed by atoms with E-state index in [1.54, 1.807) is 28.1 Å². The molecule has 0 N–H and O–H groups in total. The fourth-order valence-electron chi connectivity index (χ4n) is 10.8. The highest BCUT2D eigenvalue weighted by molar-refractivity contribution is 6.39. The third-order valence-electron chi connectivity index (χ3n) is 13.5. The van der Waals surface area contributed by atoms with Crippen LogP contribution >= 0.6 is 23.2 Å². The highest BCUT2D eigenvalue weighted by Gasteiger charge is 2.56. The van der Waals surface area contributed by atoms with E-state index in [0.717, 1.165) is 112 Å². The van der Waals surface area contributed by atoms with Gasteiger partial charge in [0.25, 0.3) is 0 Å². The number of aryl methyl sites for hydroxylation is 2. The second-order valence-corrected chi connectivity index (χ2v) is 17.9. The molecule has 2 amide bonds. The van der Waals surface area contributed by atoms with Crippen molar-refractivity contribution < 1.29 is 19.1 Å². The van der Waals surface area contributed by atoms with Crippen LogP contribution < -0.4 is 9.47 Å². The van der Waals surface area contributed by atoms with E-state index in [-0.39, 0.29) is 34.7 Å². The zero-order valence-electron chi connectivity index (χ0n) is 32.3. The van der Waals surface area contributed by atoms with Crippen molar-refractivity contribution in [3.8, 4) is 45.4 Å². The molecule has 2 spiro atoms. The van der Waals surface area contributed by atoms with Gasteiger partial charge in [-0.1, -0.05) is 59.6 Å². The molecule has 2 aromatic carbocycles. The number of methoxy groups -OCH3 is 2. The molecule has 2 aromatic heterocycles. The van der Waals surface area contributed by atoms with Gasteiger partial charge >= 0.3 is 0 Å². The van der Waals surface area contributed by atoms with Crippen LogP contribution in [0.3, 0.4) is 0 Å². The Morgan fingerprint density at radius 1 is 0.625 bits per heavy atom. The van der Waals surface area contributed by atoms with E-state index in [2.05, 4.69) is 21.9 Å². The van der Waals surface area contributed by atoms with E-state index in [0.29, 0.717) is 21.8 Å². The number of aromatic nitrogens is 2. The molecule has 56 heavy (non-hydrogen) atoms. The summed E-state index contributed by atoms with van der Waals surface area (Å²) in [6.07, 6.45) is 3.91. The molecule has 10 nitrogen and oxygen atoms in total. The molecule has 6 aliphatic rings. The van der Waals surface area contributed by atoms with Gasteiger partial charge in [-0.05, 0) is 48.9 Å². The zero-order valence-corrected chi connectivity index (χ0v) is 33.8. The lowest BCUT2D eigenvalue weighted by Gasteiger charge is -2.61. The first-order valence-corrected chi connectivity index (χ1v) is 20.5. The van der Waals surface area contributed by atoms with Crippen molar-refractivity contribution in [1.29, 1.82) is 0 Å². The van der Waals surface area contributed by atoms with Crippen LogP contribution in [-0.2, 0) is 22.4 Å². The lowest BCUT2D eigenvalue weighted by atomic mass is 9.72. The number of ether oxygens (including phenoxy) is 2. The van der Waals surface area contributed by atoms with E-state index in [4.69, 9.17) is 42.6 Å². The number of benzene rings is 2. The maximum atomic E-state index is 11.8. The molecule has 4 fully saturated rings. The Kier molecular flexibility index (Phi) is 8.49. The van der Waals surface area contributed by atoms with Crippen molar-refractivity contribution in [3.63, 3.8) is 0 Å². The van der Waals surface area contributed by atoms with E-state index in [9.17, 15) is 9.59 Å². The number of nitrogens with zero attached hydrogens (tertiary/aromatic N) is 6. The van der Waals surface area contributed by atoms with Crippen molar-refractivity contribution in [2.75, 3.05) is 66.6 Å². The van der Waals surface area contributed by atoms with Gasteiger partial charge in [0.2, 0.25) is 23.6 Å². The molecule has 0 radical (unpaired) electrons. The molecule has 12 heteroatoms. The average Bonchev–Trinajstić information content (AvgIpc) is 3.73. The number of amides is 2. The van der Waals surface area contributed by atoms with Crippen molar-refractivity contribution in [1.82, 2.24) is 29.6 Å². The maximum Gasteiger partial charge on any atom is 0.219 e. The van der Waals surface area contributed by atoms with Crippen molar-refractivity contribution in [2.45, 2.75) is 51.6 Å². The molecule has 2 unspecified atom stereocenters. The number of hydrogen-bond donors (Lipinski definition) is 0. The Morgan fingerprint density at radius 3 is 1.36 bits per heavy atom. The molecule has 0 saturated carbocycles. The maximum absolute atomic E-state index is 11.8. The second kappa shape index (κ2) is 13.2. The fraction of sp³-hybridized carbons (Fsp3) is 0.455. The molecule has 6 heterocycles. The van der Waals surface area contributed by atoms with E-state index >= 15 is 0 Å². The normalized spacial score (nSPS) is 22.9. The molecule has 10 rings (SSSR count). The third kappa shape index (κ3) is 5.57. The Balaban J connectivity index is 0.909. The van der Waals surface area contributed by atoms with Crippen LogP contribution in [0.1, 0.15) is 61.0 Å². The zero-order chi connectivity index (χ0) is 38.7. The number of carbonyl (C=O) groups is 2. The van der Waals surface area contributed by atoms with Crippen LogP contribution in [0, 0.1) is 10.8 Å². The number of hydrogen-bond acceptors (Lipinski definition) is 8. The molecule has 2 aliphatic carbocycles. The summed E-state index contributed by atoms with van der Waals surface area (Å²) in [5, 5.41) is 1.15. The molecule has 4 aromatic rings. The van der Waals surface area contributed by atoms with Crippen LogP contribution in [-0.4, -0.2) is 108 Å². The van der Waals surface area contributed by atoms with E-state index in [1.165, 1.54) is 22.3 Å². The summed E-state index contributed by atoms with van der Waals surface area (Å²) in [4.78, 5) is 42.6. The summed E-state index contributed by atoms with van der Waals surface area (Å²) in [6.45, 7) is 10.7. The summed E-state index contributed by atoms with van der Waals surface area (Å²) >= 11 is 14.6. The molecule has 290 valence electrons. The van der Waals surface area contributed by atoms with Gasteiger partial charge in [0.15, 0.2) is 0 Å². The minimum atomic E-state index is 0.164. The number of pyridine rings is 2. The van der Waals surface area contributed by atoms with Crippen LogP contribution in [0.5, 0.6) is 11.8 Å². The first-order chi connectivity index (χ1) is 27.0. The molecule has 4 saturated heterocycles. The van der Waals surface area contributed by atoms with Crippen LogP contribution in [0.4, 0.5) is 0 Å². The topological polar surface area (TPSA) is 91.3 Å². The number of likely N-dealkylation sites (tertiary alicyclic amines) is 4. The van der Waals surface area contributed by atoms with E-state index in [1.807, 2.05) is 46.2 Å². The van der Waals surface area contributed by atoms with Gasteiger partial charge in [-0.25, -0.2) is 9.97 Å². The Labute approximate surface area is 337 Å². The summed E-state index contributed by atoms with van der Waals surface area (Å²) < 4.78 is 11.9.